The number of aromatic nitrogens is 2. The van der Waals surface area contributed by atoms with E-state index in [1.165, 1.54) is 4.68 Å². The van der Waals surface area contributed by atoms with Crippen LogP contribution < -0.4 is 10.1 Å². The van der Waals surface area contributed by atoms with E-state index >= 15 is 0 Å². The number of halogens is 1. The summed E-state index contributed by atoms with van der Waals surface area (Å²) in [6, 6.07) is 6.73. The van der Waals surface area contributed by atoms with Crippen LogP contribution in [0, 0.1) is 17.7 Å². The van der Waals surface area contributed by atoms with Crippen LogP contribution in [0.2, 0.25) is 0 Å². The zero-order valence-electron chi connectivity index (χ0n) is 17.6. The van der Waals surface area contributed by atoms with Gasteiger partial charge in [0.05, 0.1) is 12.3 Å². The summed E-state index contributed by atoms with van der Waals surface area (Å²) in [7, 11) is 1.72. The zero-order chi connectivity index (χ0) is 21.1. The molecule has 1 aromatic carbocycles. The molecule has 0 bridgehead atoms. The van der Waals surface area contributed by atoms with Crippen LogP contribution in [-0.2, 0) is 20.0 Å². The summed E-state index contributed by atoms with van der Waals surface area (Å²) in [6.07, 6.45) is 5.35. The van der Waals surface area contributed by atoms with Gasteiger partial charge in [-0.05, 0) is 37.8 Å². The molecule has 29 heavy (non-hydrogen) atoms. The van der Waals surface area contributed by atoms with E-state index < -0.39 is 5.82 Å². The molecule has 0 fully saturated rings. The van der Waals surface area contributed by atoms with E-state index in [-0.39, 0.29) is 18.2 Å². The molecule has 1 amide bonds. The number of carbonyl (C=O) groups excluding carboxylic acids is 1. The van der Waals surface area contributed by atoms with Gasteiger partial charge in [-0.15, -0.1) is 11.8 Å². The molecule has 2 rings (SSSR count). The predicted molar refractivity (Wildman–Crippen MR) is 112 cm³/mol. The number of ether oxygens (including phenoxy) is 1. The number of amides is 1. The number of benzene rings is 1. The Balaban J connectivity index is 1.84. The van der Waals surface area contributed by atoms with E-state index in [2.05, 4.69) is 29.2 Å². The van der Waals surface area contributed by atoms with Crippen molar-refractivity contribution in [2.24, 2.45) is 7.05 Å². The summed E-state index contributed by atoms with van der Waals surface area (Å²) in [4.78, 5) is 12.4. The number of rotatable bonds is 10. The van der Waals surface area contributed by atoms with Gasteiger partial charge in [-0.1, -0.05) is 26.0 Å². The Labute approximate surface area is 172 Å². The molecule has 1 heterocycles. The number of unbranched alkanes of at least 4 members (excludes halogenated alkanes) is 3. The molecule has 0 spiro atoms. The van der Waals surface area contributed by atoms with Crippen LogP contribution in [0.3, 0.4) is 0 Å². The summed E-state index contributed by atoms with van der Waals surface area (Å²) in [5.74, 6) is 5.73. The summed E-state index contributed by atoms with van der Waals surface area (Å²) in [5, 5.41) is 7.01. The van der Waals surface area contributed by atoms with Crippen LogP contribution in [0.1, 0.15) is 67.7 Å². The Morgan fingerprint density at radius 1 is 1.24 bits per heavy atom. The molecule has 0 saturated carbocycles. The third-order valence-electron chi connectivity index (χ3n) is 4.46. The molecule has 0 saturated heterocycles. The van der Waals surface area contributed by atoms with Crippen LogP contribution in [-0.4, -0.2) is 22.3 Å². The largest absolute Gasteiger partial charge is 0.491 e. The third kappa shape index (κ3) is 6.94. The lowest BCUT2D eigenvalue weighted by atomic mass is 10.2. The van der Waals surface area contributed by atoms with Gasteiger partial charge in [0.25, 0.3) is 5.91 Å². The molecule has 0 aliphatic carbocycles. The highest BCUT2D eigenvalue weighted by atomic mass is 19.1. The molecule has 6 heteroatoms. The van der Waals surface area contributed by atoms with Gasteiger partial charge in [0.2, 0.25) is 0 Å². The first-order chi connectivity index (χ1) is 14.1. The molecule has 2 aromatic rings. The Kier molecular flexibility index (Phi) is 9.23. The Morgan fingerprint density at radius 3 is 2.76 bits per heavy atom. The molecule has 0 atom stereocenters. The van der Waals surface area contributed by atoms with Crippen LogP contribution in [0.25, 0.3) is 0 Å². The maximum Gasteiger partial charge on any atom is 0.269 e. The van der Waals surface area contributed by atoms with E-state index in [0.717, 1.165) is 44.2 Å². The van der Waals surface area contributed by atoms with Crippen molar-refractivity contribution in [2.75, 3.05) is 6.61 Å². The van der Waals surface area contributed by atoms with Crippen molar-refractivity contribution in [3.8, 4) is 17.6 Å². The molecule has 0 aliphatic heterocycles. The van der Waals surface area contributed by atoms with E-state index in [1.807, 2.05) is 6.92 Å². The van der Waals surface area contributed by atoms with Crippen molar-refractivity contribution < 1.29 is 13.9 Å². The monoisotopic (exact) mass is 399 g/mol. The smallest absolute Gasteiger partial charge is 0.269 e. The highest BCUT2D eigenvalue weighted by molar-refractivity contribution is 5.92. The lowest BCUT2D eigenvalue weighted by Crippen LogP contribution is -2.25. The van der Waals surface area contributed by atoms with E-state index in [9.17, 15) is 9.18 Å². The van der Waals surface area contributed by atoms with Crippen molar-refractivity contribution in [3.05, 3.63) is 47.0 Å². The first-order valence-electron chi connectivity index (χ1n) is 10.2. The first kappa shape index (κ1) is 22.5. The van der Waals surface area contributed by atoms with Gasteiger partial charge in [0.1, 0.15) is 5.69 Å². The summed E-state index contributed by atoms with van der Waals surface area (Å²) < 4.78 is 21.8. The second kappa shape index (κ2) is 11.9. The fraction of sp³-hybridized carbons (Fsp3) is 0.478. The lowest BCUT2D eigenvalue weighted by Gasteiger charge is -2.11. The topological polar surface area (TPSA) is 56.1 Å². The van der Waals surface area contributed by atoms with Gasteiger partial charge in [-0.25, -0.2) is 4.39 Å². The van der Waals surface area contributed by atoms with Gasteiger partial charge in [-0.3, -0.25) is 9.48 Å². The standard InChI is InChI=1S/C23H30FN3O2/c1-4-6-7-8-9-10-11-15-29-21-14-12-13-18(22(21)24)17-25-23(28)20-16-19(5-2)26-27(20)3/h12-14,16H,4-6,9-11,15,17H2,1-3H3,(H,25,28). The van der Waals surface area contributed by atoms with Crippen molar-refractivity contribution in [2.45, 2.75) is 58.9 Å². The minimum Gasteiger partial charge on any atom is -0.491 e. The molecular formula is C23H30FN3O2. The zero-order valence-corrected chi connectivity index (χ0v) is 17.6. The van der Waals surface area contributed by atoms with E-state index in [1.54, 1.807) is 31.3 Å². The third-order valence-corrected chi connectivity index (χ3v) is 4.46. The summed E-state index contributed by atoms with van der Waals surface area (Å²) >= 11 is 0. The van der Waals surface area contributed by atoms with E-state index in [4.69, 9.17) is 4.74 Å². The average Bonchev–Trinajstić information content (AvgIpc) is 3.11. The second-order valence-electron chi connectivity index (χ2n) is 6.82. The SMILES string of the molecule is CCCC#CCCCCOc1cccc(CNC(=O)c2cc(CC)nn2C)c1F. The number of nitrogens with zero attached hydrogens (tertiary/aromatic N) is 2. The fourth-order valence-electron chi connectivity index (χ4n) is 2.78. The van der Waals surface area contributed by atoms with Gasteiger partial charge in [0.15, 0.2) is 11.6 Å². The number of hydrogen-bond donors (Lipinski definition) is 1. The Bertz CT molecular complexity index is 865. The van der Waals surface area contributed by atoms with Gasteiger partial charge in [0, 0.05) is 32.0 Å². The quantitative estimate of drug-likeness (QED) is 0.476. The van der Waals surface area contributed by atoms with Gasteiger partial charge >= 0.3 is 0 Å². The molecule has 1 aromatic heterocycles. The Morgan fingerprint density at radius 2 is 2.03 bits per heavy atom. The molecule has 0 unspecified atom stereocenters. The number of nitrogens with one attached hydrogen (secondary N) is 1. The molecule has 1 N–H and O–H groups in total. The maximum atomic E-state index is 14.7. The van der Waals surface area contributed by atoms with Crippen LogP contribution in [0.4, 0.5) is 4.39 Å². The number of carbonyl (C=O) groups is 1. The Hall–Kier alpha value is -2.81. The maximum absolute atomic E-state index is 14.7. The normalized spacial score (nSPS) is 10.3. The highest BCUT2D eigenvalue weighted by Crippen LogP contribution is 2.21. The van der Waals surface area contributed by atoms with Crippen molar-refractivity contribution >= 4 is 5.91 Å². The van der Waals surface area contributed by atoms with Crippen LogP contribution in [0.15, 0.2) is 24.3 Å². The molecule has 156 valence electrons. The summed E-state index contributed by atoms with van der Waals surface area (Å²) in [6.45, 7) is 4.61. The van der Waals surface area contributed by atoms with Gasteiger partial charge < -0.3 is 10.1 Å². The number of hydrogen-bond acceptors (Lipinski definition) is 3. The minimum absolute atomic E-state index is 0.0848. The van der Waals surface area contributed by atoms with Crippen LogP contribution >= 0.6 is 0 Å². The molecular weight excluding hydrogens is 369 g/mol. The van der Waals surface area contributed by atoms with Crippen molar-refractivity contribution in [1.82, 2.24) is 15.1 Å². The van der Waals surface area contributed by atoms with Gasteiger partial charge in [-0.2, -0.15) is 5.10 Å². The average molecular weight is 400 g/mol. The first-order valence-corrected chi connectivity index (χ1v) is 10.2. The highest BCUT2D eigenvalue weighted by Gasteiger charge is 2.14. The van der Waals surface area contributed by atoms with E-state index in [0.29, 0.717) is 17.9 Å². The molecule has 0 radical (unpaired) electrons. The number of aryl methyl sites for hydroxylation is 2. The second-order valence-corrected chi connectivity index (χ2v) is 6.82. The van der Waals surface area contributed by atoms with Crippen LogP contribution in [0.5, 0.6) is 5.75 Å². The lowest BCUT2D eigenvalue weighted by molar-refractivity contribution is 0.0941. The minimum atomic E-state index is -0.435. The fourth-order valence-corrected chi connectivity index (χ4v) is 2.78. The predicted octanol–water partition coefficient (Wildman–Crippen LogP) is 4.40. The summed E-state index contributed by atoms with van der Waals surface area (Å²) in [5.41, 5.74) is 1.69. The molecule has 0 aliphatic rings. The van der Waals surface area contributed by atoms with Crippen molar-refractivity contribution in [1.29, 1.82) is 0 Å². The van der Waals surface area contributed by atoms with Crippen molar-refractivity contribution in [3.63, 3.8) is 0 Å². The molecule has 5 nitrogen and oxygen atoms in total.